The van der Waals surface area contributed by atoms with Crippen LogP contribution in [-0.4, -0.2) is 37.2 Å². The molecule has 82 heavy (non-hydrogen) atoms. The summed E-state index contributed by atoms with van der Waals surface area (Å²) in [6.45, 7) is 6.35. The summed E-state index contributed by atoms with van der Waals surface area (Å²) < 4.78 is 16.8. The molecular weight excluding hydrogens is 1010 g/mol. The van der Waals surface area contributed by atoms with Gasteiger partial charge in [-0.15, -0.1) is 0 Å². The van der Waals surface area contributed by atoms with Gasteiger partial charge >= 0.3 is 17.9 Å². The summed E-state index contributed by atoms with van der Waals surface area (Å²) in [6.07, 6.45) is 97.9. The van der Waals surface area contributed by atoms with Crippen LogP contribution in [0, 0.1) is 0 Å². The zero-order chi connectivity index (χ0) is 59.2. The maximum Gasteiger partial charge on any atom is 0.306 e. The Morgan fingerprint density at radius 2 is 0.488 bits per heavy atom. The Morgan fingerprint density at radius 1 is 0.256 bits per heavy atom. The van der Waals surface area contributed by atoms with E-state index in [2.05, 4.69) is 154 Å². The van der Waals surface area contributed by atoms with Gasteiger partial charge < -0.3 is 14.2 Å². The van der Waals surface area contributed by atoms with Crippen molar-refractivity contribution in [3.8, 4) is 0 Å². The van der Waals surface area contributed by atoms with Gasteiger partial charge in [0.2, 0.25) is 0 Å². The molecule has 0 rings (SSSR count). The Labute approximate surface area is 506 Å². The molecule has 6 heteroatoms. The SMILES string of the molecule is CC/C=C\C/C=C\C/C=C\C/C=C\C/C=C\C/C=C\C/C=C\CCCC(=O)OC(COC(=O)CCCCCCCCCC)COC(=O)CCCCCCCCCCCCCCCCCCCCCC/C=C\C/C=C\C/C=C\C/C=C\CC. The zero-order valence-corrected chi connectivity index (χ0v) is 53.5. The Morgan fingerprint density at radius 3 is 0.780 bits per heavy atom. The summed E-state index contributed by atoms with van der Waals surface area (Å²) in [5.41, 5.74) is 0. The lowest BCUT2D eigenvalue weighted by molar-refractivity contribution is -0.167. The highest BCUT2D eigenvalue weighted by Crippen LogP contribution is 2.17. The van der Waals surface area contributed by atoms with Crippen LogP contribution in [0.2, 0.25) is 0 Å². The monoisotopic (exact) mass is 1130 g/mol. The van der Waals surface area contributed by atoms with Gasteiger partial charge in [0, 0.05) is 19.3 Å². The molecular formula is C76H126O6. The number of carbonyl (C=O) groups is 3. The number of carbonyl (C=O) groups excluding carboxylic acids is 3. The molecule has 1 unspecified atom stereocenters. The van der Waals surface area contributed by atoms with Crippen molar-refractivity contribution in [2.24, 2.45) is 0 Å². The van der Waals surface area contributed by atoms with Crippen LogP contribution in [0.4, 0.5) is 0 Å². The molecule has 0 saturated carbocycles. The summed E-state index contributed by atoms with van der Waals surface area (Å²) in [5, 5.41) is 0. The Bertz CT molecular complexity index is 1730. The maximum atomic E-state index is 12.9. The average molecular weight is 1140 g/mol. The van der Waals surface area contributed by atoms with E-state index in [4.69, 9.17) is 14.2 Å². The van der Waals surface area contributed by atoms with E-state index >= 15 is 0 Å². The van der Waals surface area contributed by atoms with Gasteiger partial charge in [0.15, 0.2) is 6.10 Å². The molecule has 0 spiro atoms. The standard InChI is InChI=1S/C76H126O6/c1-4-7-10-13-16-19-21-23-25-27-29-31-33-34-35-36-37-38-39-40-41-42-44-45-47-49-51-53-55-57-60-63-66-69-75(78)81-72-73(71-80-74(77)68-65-62-59-18-15-12-9-6-3)82-76(79)70-67-64-61-58-56-54-52-50-48-46-43-32-30-28-26-24-22-20-17-14-11-8-5-2/h7-8,10-11,16-17,19-20,23-26,29-32,46,48,52,54,58,61,73H,4-6,9,12-15,18,21-22,27-28,33-45,47,49-51,53,55-57,59-60,62-72H2,1-3H3/b10-7-,11-8-,19-16-,20-17-,25-23-,26-24-,31-29-,32-30-,48-46-,54-52-,61-58-. The molecule has 0 aromatic carbocycles. The van der Waals surface area contributed by atoms with Crippen molar-refractivity contribution in [3.63, 3.8) is 0 Å². The zero-order valence-electron chi connectivity index (χ0n) is 53.5. The first-order chi connectivity index (χ1) is 40.5. The second-order valence-corrected chi connectivity index (χ2v) is 22.3. The van der Waals surface area contributed by atoms with Crippen molar-refractivity contribution in [3.05, 3.63) is 134 Å². The number of unbranched alkanes of at least 4 members (excludes halogenated alkanes) is 28. The van der Waals surface area contributed by atoms with E-state index in [0.717, 1.165) is 116 Å². The quantitative estimate of drug-likeness (QED) is 0.0261. The summed E-state index contributed by atoms with van der Waals surface area (Å²) in [6, 6.07) is 0. The van der Waals surface area contributed by atoms with Crippen LogP contribution in [0.5, 0.6) is 0 Å². The number of hydrogen-bond acceptors (Lipinski definition) is 6. The molecule has 0 amide bonds. The highest BCUT2D eigenvalue weighted by molar-refractivity contribution is 5.71. The molecule has 0 aliphatic heterocycles. The predicted octanol–water partition coefficient (Wildman–Crippen LogP) is 23.7. The van der Waals surface area contributed by atoms with E-state index in [9.17, 15) is 14.4 Å². The maximum absolute atomic E-state index is 12.9. The first kappa shape index (κ1) is 77.5. The fourth-order valence-corrected chi connectivity index (χ4v) is 9.37. The molecule has 0 fully saturated rings. The van der Waals surface area contributed by atoms with Gasteiger partial charge in [0.05, 0.1) is 0 Å². The molecule has 0 aliphatic rings. The van der Waals surface area contributed by atoms with Crippen molar-refractivity contribution < 1.29 is 28.6 Å². The molecule has 0 radical (unpaired) electrons. The molecule has 466 valence electrons. The predicted molar refractivity (Wildman–Crippen MR) is 357 cm³/mol. The first-order valence-corrected chi connectivity index (χ1v) is 34.2. The average Bonchev–Trinajstić information content (AvgIpc) is 3.47. The molecule has 0 aromatic heterocycles. The van der Waals surface area contributed by atoms with E-state index in [1.165, 1.54) is 148 Å². The minimum absolute atomic E-state index is 0.100. The van der Waals surface area contributed by atoms with E-state index < -0.39 is 6.10 Å². The third-order valence-electron chi connectivity index (χ3n) is 14.4. The van der Waals surface area contributed by atoms with Crippen molar-refractivity contribution in [2.45, 2.75) is 316 Å². The summed E-state index contributed by atoms with van der Waals surface area (Å²) in [5.74, 6) is -0.958. The van der Waals surface area contributed by atoms with Gasteiger partial charge in [-0.2, -0.15) is 0 Å². The minimum Gasteiger partial charge on any atom is -0.462 e. The Hall–Kier alpha value is -4.45. The number of rotatable bonds is 61. The number of hydrogen-bond donors (Lipinski definition) is 0. The van der Waals surface area contributed by atoms with E-state index in [-0.39, 0.29) is 37.5 Å². The van der Waals surface area contributed by atoms with Gasteiger partial charge in [0.25, 0.3) is 0 Å². The Balaban J connectivity index is 4.16. The van der Waals surface area contributed by atoms with Gasteiger partial charge in [-0.25, -0.2) is 0 Å². The van der Waals surface area contributed by atoms with Crippen LogP contribution in [-0.2, 0) is 28.6 Å². The van der Waals surface area contributed by atoms with Crippen molar-refractivity contribution in [1.82, 2.24) is 0 Å². The van der Waals surface area contributed by atoms with Crippen LogP contribution in [0.25, 0.3) is 0 Å². The second kappa shape index (κ2) is 69.0. The molecule has 0 saturated heterocycles. The van der Waals surface area contributed by atoms with Gasteiger partial charge in [-0.1, -0.05) is 315 Å². The van der Waals surface area contributed by atoms with Gasteiger partial charge in [-0.05, 0) is 109 Å². The summed E-state index contributed by atoms with van der Waals surface area (Å²) >= 11 is 0. The molecule has 0 aromatic rings. The van der Waals surface area contributed by atoms with Crippen molar-refractivity contribution in [1.29, 1.82) is 0 Å². The molecule has 1 atom stereocenters. The van der Waals surface area contributed by atoms with E-state index in [1.807, 2.05) is 0 Å². The largest absolute Gasteiger partial charge is 0.462 e. The highest BCUT2D eigenvalue weighted by atomic mass is 16.6. The third kappa shape index (κ3) is 66.4. The lowest BCUT2D eigenvalue weighted by Gasteiger charge is -2.18. The van der Waals surface area contributed by atoms with E-state index in [1.54, 1.807) is 0 Å². The van der Waals surface area contributed by atoms with E-state index in [0.29, 0.717) is 19.3 Å². The fraction of sp³-hybridized carbons (Fsp3) is 0.671. The first-order valence-electron chi connectivity index (χ1n) is 34.2. The number of esters is 3. The third-order valence-corrected chi connectivity index (χ3v) is 14.4. The number of allylic oxidation sites excluding steroid dienone is 22. The topological polar surface area (TPSA) is 78.9 Å². The van der Waals surface area contributed by atoms with Crippen LogP contribution < -0.4 is 0 Å². The van der Waals surface area contributed by atoms with Crippen molar-refractivity contribution in [2.75, 3.05) is 13.2 Å². The molecule has 0 bridgehead atoms. The highest BCUT2D eigenvalue weighted by Gasteiger charge is 2.19. The van der Waals surface area contributed by atoms with Crippen LogP contribution in [0.1, 0.15) is 310 Å². The molecule has 6 nitrogen and oxygen atoms in total. The number of ether oxygens (including phenoxy) is 3. The van der Waals surface area contributed by atoms with Crippen LogP contribution in [0.15, 0.2) is 134 Å². The van der Waals surface area contributed by atoms with Crippen molar-refractivity contribution >= 4 is 17.9 Å². The fourth-order valence-electron chi connectivity index (χ4n) is 9.37. The lowest BCUT2D eigenvalue weighted by Crippen LogP contribution is -2.30. The Kier molecular flexibility index (Phi) is 65.3. The van der Waals surface area contributed by atoms with Crippen LogP contribution in [0.3, 0.4) is 0 Å². The summed E-state index contributed by atoms with van der Waals surface area (Å²) in [4.78, 5) is 38.2. The van der Waals surface area contributed by atoms with Gasteiger partial charge in [-0.3, -0.25) is 14.4 Å². The smallest absolute Gasteiger partial charge is 0.306 e. The lowest BCUT2D eigenvalue weighted by atomic mass is 10.0. The summed E-state index contributed by atoms with van der Waals surface area (Å²) in [7, 11) is 0. The molecule has 0 aliphatic carbocycles. The minimum atomic E-state index is -0.809. The van der Waals surface area contributed by atoms with Gasteiger partial charge in [0.1, 0.15) is 13.2 Å². The second-order valence-electron chi connectivity index (χ2n) is 22.3. The molecule has 0 heterocycles. The normalized spacial score (nSPS) is 13.0. The van der Waals surface area contributed by atoms with Crippen LogP contribution >= 0.6 is 0 Å². The molecule has 0 N–H and O–H groups in total.